The molecule has 2 unspecified atom stereocenters. The Bertz CT molecular complexity index is 2030. The molecule has 0 heterocycles. The molecule has 19 heteroatoms. The molecule has 0 aromatic rings. The molecule has 0 saturated heterocycles. The highest BCUT2D eigenvalue weighted by molar-refractivity contribution is 7.47. The lowest BCUT2D eigenvalue weighted by Gasteiger charge is -2.21. The van der Waals surface area contributed by atoms with Crippen molar-refractivity contribution in [1.29, 1.82) is 0 Å². The van der Waals surface area contributed by atoms with E-state index in [-0.39, 0.29) is 25.7 Å². The molecule has 0 aliphatic carbocycles. The topological polar surface area (TPSA) is 237 Å². The third kappa shape index (κ3) is 80.1. The van der Waals surface area contributed by atoms with Crippen molar-refractivity contribution in [3.8, 4) is 0 Å². The average molecular weight is 1550 g/mol. The summed E-state index contributed by atoms with van der Waals surface area (Å²) in [7, 11) is -9.93. The lowest BCUT2D eigenvalue weighted by molar-refractivity contribution is -0.161. The number of phosphoric ester groups is 2. The van der Waals surface area contributed by atoms with Crippen LogP contribution in [0.5, 0.6) is 0 Å². The zero-order chi connectivity index (χ0) is 77.8. The number of esters is 4. The SMILES string of the molecule is CCCCCCCCCCCCCCCCCCCCCC(=O)OC[C@H](COP(=O)(O)OC[C@@H](O)COP(=O)(O)OC[C@@H](COC(=O)CCCCCCCCCCCCCCC)OC(=O)CCCCCCCCCCCCCCC(C)C)OC(=O)CCCCCCCCCCCCCCCCCCC(C)C. The molecule has 0 bridgehead atoms. The van der Waals surface area contributed by atoms with Crippen molar-refractivity contribution in [1.82, 2.24) is 0 Å². The van der Waals surface area contributed by atoms with Crippen molar-refractivity contribution in [2.75, 3.05) is 39.6 Å². The van der Waals surface area contributed by atoms with Crippen molar-refractivity contribution in [3.63, 3.8) is 0 Å². The Morgan fingerprint density at radius 1 is 0.255 bits per heavy atom. The maximum atomic E-state index is 13.2. The summed E-state index contributed by atoms with van der Waals surface area (Å²) in [6, 6.07) is 0. The summed E-state index contributed by atoms with van der Waals surface area (Å²) in [6.07, 6.45) is 70.7. The number of aliphatic hydroxyl groups excluding tert-OH is 1. The summed E-state index contributed by atoms with van der Waals surface area (Å²) < 4.78 is 69.0. The van der Waals surface area contributed by atoms with Crippen LogP contribution in [0.3, 0.4) is 0 Å². The monoisotopic (exact) mass is 1550 g/mol. The van der Waals surface area contributed by atoms with E-state index in [9.17, 15) is 43.2 Å². The molecule has 0 rings (SSSR count). The van der Waals surface area contributed by atoms with E-state index < -0.39 is 97.5 Å². The molecule has 0 aromatic heterocycles. The van der Waals surface area contributed by atoms with Crippen LogP contribution in [-0.4, -0.2) is 96.7 Å². The second-order valence-corrected chi connectivity index (χ2v) is 35.1. The predicted molar refractivity (Wildman–Crippen MR) is 437 cm³/mol. The van der Waals surface area contributed by atoms with Crippen LogP contribution >= 0.6 is 15.6 Å². The van der Waals surface area contributed by atoms with Crippen LogP contribution in [0.25, 0.3) is 0 Å². The molecule has 0 aromatic carbocycles. The molecule has 0 radical (unpaired) electrons. The smallest absolute Gasteiger partial charge is 0.462 e. The first-order chi connectivity index (χ1) is 51.4. The highest BCUT2D eigenvalue weighted by atomic mass is 31.2. The summed E-state index contributed by atoms with van der Waals surface area (Å²) in [5, 5.41) is 10.7. The van der Waals surface area contributed by atoms with Gasteiger partial charge in [-0.25, -0.2) is 9.13 Å². The Balaban J connectivity index is 5.26. The van der Waals surface area contributed by atoms with Gasteiger partial charge in [-0.1, -0.05) is 414 Å². The zero-order valence-corrected chi connectivity index (χ0v) is 71.5. The van der Waals surface area contributed by atoms with Gasteiger partial charge in [-0.2, -0.15) is 0 Å². The van der Waals surface area contributed by atoms with Crippen LogP contribution in [0.4, 0.5) is 0 Å². The number of carbonyl (C=O) groups excluding carboxylic acids is 4. The summed E-state index contributed by atoms with van der Waals surface area (Å²) in [4.78, 5) is 73.3. The van der Waals surface area contributed by atoms with Gasteiger partial charge in [0.1, 0.15) is 19.3 Å². The minimum Gasteiger partial charge on any atom is -0.462 e. The fraction of sp³-hybridized carbons (Fsp3) is 0.954. The summed E-state index contributed by atoms with van der Waals surface area (Å²) >= 11 is 0. The number of hydrogen-bond acceptors (Lipinski definition) is 15. The van der Waals surface area contributed by atoms with Crippen LogP contribution in [0.1, 0.15) is 465 Å². The number of aliphatic hydroxyl groups is 1. The van der Waals surface area contributed by atoms with Crippen molar-refractivity contribution >= 4 is 39.5 Å². The number of phosphoric acid groups is 2. The number of hydrogen-bond donors (Lipinski definition) is 3. The number of rotatable bonds is 86. The zero-order valence-electron chi connectivity index (χ0n) is 69.7. The molecule has 0 saturated carbocycles. The third-order valence-electron chi connectivity index (χ3n) is 20.5. The van der Waals surface area contributed by atoms with Gasteiger partial charge in [0.25, 0.3) is 0 Å². The Labute approximate surface area is 651 Å². The predicted octanol–water partition coefficient (Wildman–Crippen LogP) is 26.6. The van der Waals surface area contributed by atoms with Gasteiger partial charge in [-0.3, -0.25) is 37.3 Å². The number of ether oxygens (including phenoxy) is 4. The molecule has 0 spiro atoms. The van der Waals surface area contributed by atoms with Crippen molar-refractivity contribution < 1.29 is 80.2 Å². The minimum absolute atomic E-state index is 0.108. The molecule has 3 N–H and O–H groups in total. The van der Waals surface area contributed by atoms with E-state index in [1.165, 1.54) is 283 Å². The van der Waals surface area contributed by atoms with Gasteiger partial charge in [-0.15, -0.1) is 0 Å². The first kappa shape index (κ1) is 104. The van der Waals surface area contributed by atoms with Crippen molar-refractivity contribution in [2.24, 2.45) is 11.8 Å². The minimum atomic E-state index is -4.97. The Morgan fingerprint density at radius 2 is 0.434 bits per heavy atom. The fourth-order valence-electron chi connectivity index (χ4n) is 13.6. The molecular formula is C87H170O17P2. The Hall–Kier alpha value is -1.94. The molecule has 0 aliphatic rings. The van der Waals surface area contributed by atoms with E-state index in [0.29, 0.717) is 25.7 Å². The molecule has 630 valence electrons. The van der Waals surface area contributed by atoms with Gasteiger partial charge < -0.3 is 33.8 Å². The highest BCUT2D eigenvalue weighted by Crippen LogP contribution is 2.45. The average Bonchev–Trinajstić information content (AvgIpc) is 0.909. The van der Waals surface area contributed by atoms with Gasteiger partial charge in [-0.05, 0) is 37.5 Å². The highest BCUT2D eigenvalue weighted by Gasteiger charge is 2.30. The van der Waals surface area contributed by atoms with E-state index >= 15 is 0 Å². The summed E-state index contributed by atoms with van der Waals surface area (Å²) in [5.74, 6) is -0.513. The fourth-order valence-corrected chi connectivity index (χ4v) is 15.2. The molecule has 5 atom stereocenters. The van der Waals surface area contributed by atoms with Crippen molar-refractivity contribution in [3.05, 3.63) is 0 Å². The van der Waals surface area contributed by atoms with Crippen molar-refractivity contribution in [2.45, 2.75) is 484 Å². The van der Waals surface area contributed by atoms with Crippen LogP contribution in [0.2, 0.25) is 0 Å². The van der Waals surface area contributed by atoms with Gasteiger partial charge in [0.05, 0.1) is 26.4 Å². The first-order valence-electron chi connectivity index (χ1n) is 45.0. The van der Waals surface area contributed by atoms with E-state index in [2.05, 4.69) is 41.5 Å². The van der Waals surface area contributed by atoms with Gasteiger partial charge >= 0.3 is 39.5 Å². The van der Waals surface area contributed by atoms with Crippen LogP contribution < -0.4 is 0 Å². The van der Waals surface area contributed by atoms with Gasteiger partial charge in [0, 0.05) is 25.7 Å². The Kier molecular flexibility index (Phi) is 76.9. The third-order valence-corrected chi connectivity index (χ3v) is 22.4. The number of unbranched alkanes of at least 4 members (excludes halogenated alkanes) is 56. The second kappa shape index (κ2) is 78.3. The normalized spacial score (nSPS) is 13.8. The molecule has 106 heavy (non-hydrogen) atoms. The first-order valence-corrected chi connectivity index (χ1v) is 48.0. The second-order valence-electron chi connectivity index (χ2n) is 32.2. The van der Waals surface area contributed by atoms with Crippen LogP contribution in [-0.2, 0) is 65.4 Å². The largest absolute Gasteiger partial charge is 0.472 e. The summed E-state index contributed by atoms with van der Waals surface area (Å²) in [5.41, 5.74) is 0. The van der Waals surface area contributed by atoms with Crippen LogP contribution in [0, 0.1) is 11.8 Å². The van der Waals surface area contributed by atoms with E-state index in [1.807, 2.05) is 0 Å². The maximum Gasteiger partial charge on any atom is 0.472 e. The van der Waals surface area contributed by atoms with Gasteiger partial charge in [0.15, 0.2) is 12.2 Å². The van der Waals surface area contributed by atoms with Crippen LogP contribution in [0.15, 0.2) is 0 Å². The van der Waals surface area contributed by atoms with E-state index in [0.717, 1.165) is 102 Å². The lowest BCUT2D eigenvalue weighted by Crippen LogP contribution is -2.30. The lowest BCUT2D eigenvalue weighted by atomic mass is 10.0. The summed E-state index contributed by atoms with van der Waals surface area (Å²) in [6.45, 7) is 9.72. The van der Waals surface area contributed by atoms with E-state index in [1.54, 1.807) is 0 Å². The molecule has 0 fully saturated rings. The molecule has 0 aliphatic heterocycles. The number of carbonyl (C=O) groups is 4. The van der Waals surface area contributed by atoms with Gasteiger partial charge in [0.2, 0.25) is 0 Å². The van der Waals surface area contributed by atoms with E-state index in [4.69, 9.17) is 37.0 Å². The maximum absolute atomic E-state index is 13.2. The standard InChI is InChI=1S/C87H170O17P2/c1-7-9-11-13-15-17-19-21-22-23-24-25-29-33-40-46-52-58-64-70-85(90)98-76-82(103-86(91)71-65-59-53-47-41-34-30-27-26-28-32-37-43-49-55-61-67-79(3)4)77-101-105(93,94)99-73-81(88)74-100-106(95,96)102-78-83(75-97-84(89)69-63-57-51-45-39-31-20-18-16-14-12-10-8-2)104-87(92)72-66-60-54-48-42-36-35-38-44-50-56-62-68-80(5)6/h79-83,88H,7-78H2,1-6H3,(H,93,94)(H,95,96)/t81-,82-,83-/m1/s1. The molecular weight excluding hydrogens is 1380 g/mol. The quantitative estimate of drug-likeness (QED) is 0.0222. The Morgan fingerprint density at radius 3 is 0.642 bits per heavy atom. The molecule has 0 amide bonds. The molecule has 17 nitrogen and oxygen atoms in total.